The number of oxazole rings is 1. The summed E-state index contributed by atoms with van der Waals surface area (Å²) in [5, 5.41) is 6.37. The Labute approximate surface area is 160 Å². The number of guanidine groups is 1. The van der Waals surface area contributed by atoms with E-state index in [2.05, 4.69) is 20.6 Å². The molecule has 2 rings (SSSR count). The second-order valence-electron chi connectivity index (χ2n) is 5.95. The lowest BCUT2D eigenvalue weighted by Gasteiger charge is -2.19. The van der Waals surface area contributed by atoms with Crippen LogP contribution in [0.2, 0.25) is 0 Å². The number of hydrogen-bond acceptors (Lipinski definition) is 4. The van der Waals surface area contributed by atoms with Crippen LogP contribution in [0.5, 0.6) is 0 Å². The van der Waals surface area contributed by atoms with Gasteiger partial charge in [-0.3, -0.25) is 4.79 Å². The lowest BCUT2D eigenvalue weighted by Crippen LogP contribution is -2.40. The van der Waals surface area contributed by atoms with E-state index in [-0.39, 0.29) is 5.91 Å². The average Bonchev–Trinajstić information content (AvgIpc) is 3.17. The number of hydrogen-bond donors (Lipinski definition) is 2. The summed E-state index contributed by atoms with van der Waals surface area (Å²) in [5.74, 6) is 1.39. The fraction of sp³-hybridized carbons (Fsp3) is 0.450. The Kier molecular flexibility index (Phi) is 8.35. The Morgan fingerprint density at radius 1 is 1.15 bits per heavy atom. The van der Waals surface area contributed by atoms with Crippen LogP contribution in [-0.4, -0.2) is 47.9 Å². The van der Waals surface area contributed by atoms with E-state index in [1.54, 1.807) is 6.26 Å². The van der Waals surface area contributed by atoms with E-state index in [4.69, 9.17) is 4.42 Å². The van der Waals surface area contributed by atoms with Crippen molar-refractivity contribution in [3.8, 4) is 11.5 Å². The highest BCUT2D eigenvalue weighted by Gasteiger charge is 2.10. The Bertz CT molecular complexity index is 723. The predicted octanol–water partition coefficient (Wildman–Crippen LogP) is 2.66. The number of rotatable bonds is 9. The van der Waals surface area contributed by atoms with Crippen molar-refractivity contribution in [1.29, 1.82) is 0 Å². The molecule has 0 bridgehead atoms. The van der Waals surface area contributed by atoms with E-state index in [9.17, 15) is 4.79 Å². The predicted molar refractivity (Wildman–Crippen MR) is 107 cm³/mol. The van der Waals surface area contributed by atoms with E-state index >= 15 is 0 Å². The molecule has 1 aromatic heterocycles. The second-order valence-corrected chi connectivity index (χ2v) is 5.95. The topological polar surface area (TPSA) is 82.8 Å². The third-order valence-electron chi connectivity index (χ3n) is 4.06. The first kappa shape index (κ1) is 20.5. The molecule has 2 N–H and O–H groups in total. The third kappa shape index (κ3) is 6.44. The van der Waals surface area contributed by atoms with E-state index in [1.807, 2.05) is 56.0 Å². The Hall–Kier alpha value is -2.83. The number of aliphatic imine (C=N–C) groups is 1. The van der Waals surface area contributed by atoms with E-state index in [1.165, 1.54) is 0 Å². The van der Waals surface area contributed by atoms with Crippen molar-refractivity contribution < 1.29 is 9.21 Å². The molecule has 0 atom stereocenters. The minimum absolute atomic E-state index is 0.146. The fourth-order valence-corrected chi connectivity index (χ4v) is 2.62. The molecule has 0 unspecified atom stereocenters. The van der Waals surface area contributed by atoms with Crippen molar-refractivity contribution in [2.24, 2.45) is 4.99 Å². The lowest BCUT2D eigenvalue weighted by atomic mass is 10.2. The van der Waals surface area contributed by atoms with Crippen LogP contribution < -0.4 is 10.6 Å². The maximum atomic E-state index is 12.1. The second kappa shape index (κ2) is 11.0. The third-order valence-corrected chi connectivity index (χ3v) is 4.06. The van der Waals surface area contributed by atoms with Crippen LogP contribution in [0.15, 0.2) is 46.0 Å². The first-order chi connectivity index (χ1) is 13.2. The normalized spacial score (nSPS) is 11.3. The van der Waals surface area contributed by atoms with Gasteiger partial charge in [0.25, 0.3) is 0 Å². The molecule has 7 heteroatoms. The number of aromatic nitrogens is 1. The SMILES string of the molecule is CCNC(=NCc1coc(-c2ccccc2)n1)NCCC(=O)N(CC)CC. The van der Waals surface area contributed by atoms with E-state index in [0.717, 1.165) is 30.9 Å². The maximum absolute atomic E-state index is 12.1. The maximum Gasteiger partial charge on any atom is 0.226 e. The van der Waals surface area contributed by atoms with Crippen LogP contribution in [0.1, 0.15) is 32.9 Å². The minimum Gasteiger partial charge on any atom is -0.444 e. The van der Waals surface area contributed by atoms with Crippen molar-refractivity contribution >= 4 is 11.9 Å². The van der Waals surface area contributed by atoms with Gasteiger partial charge in [-0.25, -0.2) is 9.98 Å². The van der Waals surface area contributed by atoms with Gasteiger partial charge in [0, 0.05) is 38.2 Å². The summed E-state index contributed by atoms with van der Waals surface area (Å²) in [7, 11) is 0. The van der Waals surface area contributed by atoms with E-state index in [0.29, 0.717) is 31.4 Å². The molecule has 146 valence electrons. The molecular formula is C20H29N5O2. The van der Waals surface area contributed by atoms with Crippen LogP contribution in [0.3, 0.4) is 0 Å². The van der Waals surface area contributed by atoms with Gasteiger partial charge in [-0.15, -0.1) is 0 Å². The van der Waals surface area contributed by atoms with Gasteiger partial charge in [0.15, 0.2) is 5.96 Å². The number of nitrogens with zero attached hydrogens (tertiary/aromatic N) is 3. The largest absolute Gasteiger partial charge is 0.444 e. The highest BCUT2D eigenvalue weighted by atomic mass is 16.3. The molecule has 0 fully saturated rings. The first-order valence-corrected chi connectivity index (χ1v) is 9.47. The molecule has 1 aromatic carbocycles. The molecule has 1 heterocycles. The smallest absolute Gasteiger partial charge is 0.226 e. The Morgan fingerprint density at radius 2 is 1.89 bits per heavy atom. The number of nitrogens with one attached hydrogen (secondary N) is 2. The standard InChI is InChI=1S/C20H29N5O2/c1-4-21-20(22-13-12-18(26)25(5-2)6-3)23-14-17-15-27-19(24-17)16-10-8-7-9-11-16/h7-11,15H,4-6,12-14H2,1-3H3,(H2,21,22,23). The molecule has 0 radical (unpaired) electrons. The van der Waals surface area contributed by atoms with Gasteiger partial charge in [-0.1, -0.05) is 18.2 Å². The van der Waals surface area contributed by atoms with Crippen molar-refractivity contribution in [2.75, 3.05) is 26.2 Å². The van der Waals surface area contributed by atoms with Gasteiger partial charge in [0.1, 0.15) is 12.0 Å². The zero-order valence-electron chi connectivity index (χ0n) is 16.4. The van der Waals surface area contributed by atoms with Crippen LogP contribution in [0.25, 0.3) is 11.5 Å². The molecule has 0 aliphatic heterocycles. The monoisotopic (exact) mass is 371 g/mol. The summed E-state index contributed by atoms with van der Waals surface area (Å²) in [6.45, 7) is 9.12. The summed E-state index contributed by atoms with van der Waals surface area (Å²) < 4.78 is 5.54. The zero-order valence-corrected chi connectivity index (χ0v) is 16.4. The minimum atomic E-state index is 0.146. The highest BCUT2D eigenvalue weighted by Crippen LogP contribution is 2.18. The van der Waals surface area contributed by atoms with Crippen LogP contribution >= 0.6 is 0 Å². The number of carbonyl (C=O) groups excluding carboxylic acids is 1. The molecule has 0 spiro atoms. The molecule has 7 nitrogen and oxygen atoms in total. The van der Waals surface area contributed by atoms with E-state index < -0.39 is 0 Å². The van der Waals surface area contributed by atoms with Gasteiger partial charge in [-0.2, -0.15) is 0 Å². The van der Waals surface area contributed by atoms with Crippen LogP contribution in [-0.2, 0) is 11.3 Å². The first-order valence-electron chi connectivity index (χ1n) is 9.47. The number of carbonyl (C=O) groups is 1. The molecule has 0 saturated heterocycles. The van der Waals surface area contributed by atoms with Crippen molar-refractivity contribution in [1.82, 2.24) is 20.5 Å². The van der Waals surface area contributed by atoms with Crippen molar-refractivity contribution in [3.05, 3.63) is 42.3 Å². The van der Waals surface area contributed by atoms with Gasteiger partial charge < -0.3 is 20.0 Å². The molecule has 1 amide bonds. The molecule has 0 aliphatic carbocycles. The van der Waals surface area contributed by atoms with Crippen molar-refractivity contribution in [2.45, 2.75) is 33.7 Å². The zero-order chi connectivity index (χ0) is 19.5. The van der Waals surface area contributed by atoms with Gasteiger partial charge in [0.2, 0.25) is 11.8 Å². The Morgan fingerprint density at radius 3 is 2.56 bits per heavy atom. The highest BCUT2D eigenvalue weighted by molar-refractivity contribution is 5.81. The van der Waals surface area contributed by atoms with Gasteiger partial charge in [-0.05, 0) is 32.9 Å². The number of benzene rings is 1. The molecular weight excluding hydrogens is 342 g/mol. The summed E-state index contributed by atoms with van der Waals surface area (Å²) in [6, 6.07) is 9.76. The average molecular weight is 371 g/mol. The lowest BCUT2D eigenvalue weighted by molar-refractivity contribution is -0.130. The van der Waals surface area contributed by atoms with Crippen molar-refractivity contribution in [3.63, 3.8) is 0 Å². The van der Waals surface area contributed by atoms with Crippen LogP contribution in [0.4, 0.5) is 0 Å². The Balaban J connectivity index is 1.90. The molecule has 27 heavy (non-hydrogen) atoms. The molecule has 2 aromatic rings. The van der Waals surface area contributed by atoms with Crippen LogP contribution in [0, 0.1) is 0 Å². The van der Waals surface area contributed by atoms with Gasteiger partial charge in [0.05, 0.1) is 6.54 Å². The fourth-order valence-electron chi connectivity index (χ4n) is 2.62. The quantitative estimate of drug-likeness (QED) is 0.523. The van der Waals surface area contributed by atoms with Gasteiger partial charge >= 0.3 is 0 Å². The molecule has 0 aliphatic rings. The molecule has 0 saturated carbocycles. The summed E-state index contributed by atoms with van der Waals surface area (Å²) in [4.78, 5) is 22.9. The summed E-state index contributed by atoms with van der Waals surface area (Å²) >= 11 is 0. The number of amides is 1. The summed E-state index contributed by atoms with van der Waals surface area (Å²) in [6.07, 6.45) is 2.06. The summed E-state index contributed by atoms with van der Waals surface area (Å²) in [5.41, 5.74) is 1.69.